The van der Waals surface area contributed by atoms with Crippen LogP contribution in [0, 0.1) is 0 Å². The number of hydrogen-bond acceptors (Lipinski definition) is 6. The van der Waals surface area contributed by atoms with Crippen LogP contribution in [0.2, 0.25) is 5.02 Å². The van der Waals surface area contributed by atoms with Gasteiger partial charge in [0.15, 0.2) is 0 Å². The summed E-state index contributed by atoms with van der Waals surface area (Å²) in [6, 6.07) is 11.8. The summed E-state index contributed by atoms with van der Waals surface area (Å²) in [4.78, 5) is 17.2. The summed E-state index contributed by atoms with van der Waals surface area (Å²) in [5.41, 5.74) is 1.46. The lowest BCUT2D eigenvalue weighted by atomic mass is 10.2. The van der Waals surface area contributed by atoms with Gasteiger partial charge < -0.3 is 10.1 Å². The molecule has 0 spiro atoms. The number of methoxy groups -OCH3 is 1. The van der Waals surface area contributed by atoms with E-state index in [2.05, 4.69) is 10.3 Å². The molecule has 1 aromatic heterocycles. The third-order valence-electron chi connectivity index (χ3n) is 5.18. The van der Waals surface area contributed by atoms with Crippen LogP contribution in [0.3, 0.4) is 0 Å². The predicted octanol–water partition coefficient (Wildman–Crippen LogP) is 4.90. The van der Waals surface area contributed by atoms with Gasteiger partial charge in [0.25, 0.3) is 5.91 Å². The van der Waals surface area contributed by atoms with Gasteiger partial charge in [0.2, 0.25) is 10.0 Å². The zero-order valence-corrected chi connectivity index (χ0v) is 19.8. The molecule has 168 valence electrons. The second-order valence-electron chi connectivity index (χ2n) is 7.33. The van der Waals surface area contributed by atoms with Crippen LogP contribution >= 0.6 is 22.9 Å². The fourth-order valence-corrected chi connectivity index (χ4v) is 6.13. The number of carbonyl (C=O) groups is 1. The van der Waals surface area contributed by atoms with E-state index in [-0.39, 0.29) is 16.3 Å². The lowest BCUT2D eigenvalue weighted by molar-refractivity contribution is 0.102. The molecule has 7 nitrogen and oxygen atoms in total. The Bertz CT molecular complexity index is 1220. The minimum absolute atomic E-state index is 0.0415. The van der Waals surface area contributed by atoms with Crippen LogP contribution in [0.15, 0.2) is 52.7 Å². The van der Waals surface area contributed by atoms with E-state index in [0.29, 0.717) is 28.8 Å². The number of benzene rings is 2. The molecule has 0 atom stereocenters. The maximum atomic E-state index is 13.2. The molecule has 0 aliphatic carbocycles. The van der Waals surface area contributed by atoms with E-state index < -0.39 is 15.9 Å². The van der Waals surface area contributed by atoms with E-state index in [1.807, 2.05) is 12.1 Å². The molecule has 1 saturated heterocycles. The average molecular weight is 492 g/mol. The number of aromatic nitrogens is 1. The summed E-state index contributed by atoms with van der Waals surface area (Å²) in [6.45, 7) is 0.961. The van der Waals surface area contributed by atoms with Crippen molar-refractivity contribution in [3.05, 3.63) is 58.6 Å². The minimum atomic E-state index is -3.73. The molecule has 0 radical (unpaired) electrons. The SMILES string of the molecule is COc1ccc(NC(=O)c2csc(-c3ccc(Cl)cc3)n2)cc1S(=O)(=O)N1CCCCC1. The van der Waals surface area contributed by atoms with Crippen molar-refractivity contribution in [2.75, 3.05) is 25.5 Å². The topological polar surface area (TPSA) is 88.6 Å². The van der Waals surface area contributed by atoms with Crippen molar-refractivity contribution < 1.29 is 17.9 Å². The van der Waals surface area contributed by atoms with Crippen LogP contribution in [-0.2, 0) is 10.0 Å². The van der Waals surface area contributed by atoms with Crippen molar-refractivity contribution >= 4 is 44.6 Å². The highest BCUT2D eigenvalue weighted by Gasteiger charge is 2.29. The summed E-state index contributed by atoms with van der Waals surface area (Å²) in [6.07, 6.45) is 2.68. The van der Waals surface area contributed by atoms with Gasteiger partial charge in [0.1, 0.15) is 21.3 Å². The zero-order chi connectivity index (χ0) is 22.7. The quantitative estimate of drug-likeness (QED) is 0.529. The Morgan fingerprint density at radius 1 is 1.12 bits per heavy atom. The van der Waals surface area contributed by atoms with Crippen LogP contribution in [0.4, 0.5) is 5.69 Å². The normalized spacial score (nSPS) is 14.8. The molecule has 2 heterocycles. The predicted molar refractivity (Wildman–Crippen MR) is 126 cm³/mol. The third kappa shape index (κ3) is 4.80. The first kappa shape index (κ1) is 22.7. The standard InChI is InChI=1S/C22H22ClN3O4S2/c1-30-19-10-9-17(13-20(19)32(28,29)26-11-3-2-4-12-26)24-21(27)18-14-31-22(25-18)15-5-7-16(23)8-6-15/h5-10,13-14H,2-4,11-12H2,1H3,(H,24,27). The highest BCUT2D eigenvalue weighted by molar-refractivity contribution is 7.89. The van der Waals surface area contributed by atoms with E-state index in [1.165, 1.54) is 28.8 Å². The van der Waals surface area contributed by atoms with Gasteiger partial charge in [-0.05, 0) is 43.2 Å². The molecular weight excluding hydrogens is 470 g/mol. The molecule has 1 N–H and O–H groups in total. The maximum Gasteiger partial charge on any atom is 0.275 e. The van der Waals surface area contributed by atoms with Gasteiger partial charge in [0.05, 0.1) is 7.11 Å². The molecule has 4 rings (SSSR count). The second-order valence-corrected chi connectivity index (χ2v) is 10.5. The second kappa shape index (κ2) is 9.58. The number of amides is 1. The van der Waals surface area contributed by atoms with Crippen molar-refractivity contribution in [1.29, 1.82) is 0 Å². The van der Waals surface area contributed by atoms with Crippen LogP contribution < -0.4 is 10.1 Å². The fourth-order valence-electron chi connectivity index (χ4n) is 3.50. The molecule has 1 fully saturated rings. The monoisotopic (exact) mass is 491 g/mol. The van der Waals surface area contributed by atoms with Crippen molar-refractivity contribution in [2.24, 2.45) is 0 Å². The van der Waals surface area contributed by atoms with Gasteiger partial charge in [-0.15, -0.1) is 11.3 Å². The van der Waals surface area contributed by atoms with E-state index in [0.717, 1.165) is 24.8 Å². The molecule has 0 unspecified atom stereocenters. The Balaban J connectivity index is 1.56. The van der Waals surface area contributed by atoms with Crippen molar-refractivity contribution in [3.8, 4) is 16.3 Å². The summed E-state index contributed by atoms with van der Waals surface area (Å²) in [5.74, 6) is -0.180. The molecule has 32 heavy (non-hydrogen) atoms. The number of hydrogen-bond donors (Lipinski definition) is 1. The number of sulfonamides is 1. The van der Waals surface area contributed by atoms with Crippen molar-refractivity contribution in [3.63, 3.8) is 0 Å². The molecular formula is C22H22ClN3O4S2. The number of anilines is 1. The maximum absolute atomic E-state index is 13.2. The summed E-state index contributed by atoms with van der Waals surface area (Å²) in [5, 5.41) is 5.72. The minimum Gasteiger partial charge on any atom is -0.495 e. The molecule has 1 aliphatic heterocycles. The first-order chi connectivity index (χ1) is 15.4. The number of carbonyl (C=O) groups excluding carboxylic acids is 1. The van der Waals surface area contributed by atoms with E-state index >= 15 is 0 Å². The lowest BCUT2D eigenvalue weighted by Crippen LogP contribution is -2.35. The number of thiazole rings is 1. The van der Waals surface area contributed by atoms with Crippen molar-refractivity contribution in [2.45, 2.75) is 24.2 Å². The Morgan fingerprint density at radius 3 is 2.53 bits per heavy atom. The number of rotatable bonds is 6. The number of piperidine rings is 1. The highest BCUT2D eigenvalue weighted by Crippen LogP contribution is 2.31. The molecule has 2 aromatic carbocycles. The first-order valence-corrected chi connectivity index (χ1v) is 12.8. The number of nitrogens with one attached hydrogen (secondary N) is 1. The van der Waals surface area contributed by atoms with E-state index in [1.54, 1.807) is 29.6 Å². The third-order valence-corrected chi connectivity index (χ3v) is 8.25. The molecule has 1 amide bonds. The summed E-state index contributed by atoms with van der Waals surface area (Å²) < 4.78 is 33.1. The molecule has 0 bridgehead atoms. The largest absolute Gasteiger partial charge is 0.495 e. The van der Waals surface area contributed by atoms with Gasteiger partial charge >= 0.3 is 0 Å². The molecule has 1 aliphatic rings. The highest BCUT2D eigenvalue weighted by atomic mass is 35.5. The van der Waals surface area contributed by atoms with Gasteiger partial charge in [-0.1, -0.05) is 30.2 Å². The van der Waals surface area contributed by atoms with E-state index in [4.69, 9.17) is 16.3 Å². The smallest absolute Gasteiger partial charge is 0.275 e. The Morgan fingerprint density at radius 2 is 1.84 bits per heavy atom. The van der Waals surface area contributed by atoms with Gasteiger partial charge in [-0.3, -0.25) is 4.79 Å². The average Bonchev–Trinajstić information content (AvgIpc) is 3.30. The summed E-state index contributed by atoms with van der Waals surface area (Å²) in [7, 11) is -2.30. The van der Waals surface area contributed by atoms with Crippen LogP contribution in [0.1, 0.15) is 29.8 Å². The van der Waals surface area contributed by atoms with Crippen LogP contribution in [-0.4, -0.2) is 43.8 Å². The van der Waals surface area contributed by atoms with Gasteiger partial charge in [-0.25, -0.2) is 13.4 Å². The Kier molecular flexibility index (Phi) is 6.80. The molecule has 0 saturated carbocycles. The van der Waals surface area contributed by atoms with Crippen LogP contribution in [0.5, 0.6) is 5.75 Å². The lowest BCUT2D eigenvalue weighted by Gasteiger charge is -2.26. The molecule has 10 heteroatoms. The first-order valence-electron chi connectivity index (χ1n) is 10.1. The number of ether oxygens (including phenoxy) is 1. The van der Waals surface area contributed by atoms with Gasteiger partial charge in [0, 0.05) is 34.7 Å². The fraction of sp³-hybridized carbons (Fsp3) is 0.273. The Labute approximate surface area is 196 Å². The van der Waals surface area contributed by atoms with Crippen LogP contribution in [0.25, 0.3) is 10.6 Å². The van der Waals surface area contributed by atoms with Gasteiger partial charge in [-0.2, -0.15) is 4.31 Å². The zero-order valence-electron chi connectivity index (χ0n) is 17.4. The Hall–Kier alpha value is -2.46. The number of halogens is 1. The summed E-state index contributed by atoms with van der Waals surface area (Å²) >= 11 is 7.27. The number of nitrogens with zero attached hydrogens (tertiary/aromatic N) is 2. The van der Waals surface area contributed by atoms with Crippen molar-refractivity contribution in [1.82, 2.24) is 9.29 Å². The van der Waals surface area contributed by atoms with E-state index in [9.17, 15) is 13.2 Å². The molecule has 3 aromatic rings.